The van der Waals surface area contributed by atoms with Crippen LogP contribution in [-0.4, -0.2) is 29.3 Å². The molecule has 1 saturated heterocycles. The van der Waals surface area contributed by atoms with Gasteiger partial charge in [-0.25, -0.2) is 0 Å². The topological polar surface area (TPSA) is 63.4 Å². The minimum absolute atomic E-state index is 0.118. The molecule has 1 aromatic rings. The van der Waals surface area contributed by atoms with Crippen LogP contribution in [0.3, 0.4) is 0 Å². The van der Waals surface area contributed by atoms with Crippen molar-refractivity contribution in [2.75, 3.05) is 6.54 Å². The van der Waals surface area contributed by atoms with E-state index in [1.54, 1.807) is 0 Å². The van der Waals surface area contributed by atoms with Crippen molar-refractivity contribution in [3.63, 3.8) is 0 Å². The maximum absolute atomic E-state index is 12.4. The molecule has 22 heavy (non-hydrogen) atoms. The fraction of sp³-hybridized carbons (Fsp3) is 0.529. The second kappa shape index (κ2) is 7.63. The van der Waals surface area contributed by atoms with Gasteiger partial charge in [0.25, 0.3) is 0 Å². The number of carbonyl (C=O) groups is 2. The summed E-state index contributed by atoms with van der Waals surface area (Å²) in [5.41, 5.74) is 6.56. The number of amides is 2. The lowest BCUT2D eigenvalue weighted by molar-refractivity contribution is -0.137. The zero-order chi connectivity index (χ0) is 16.1. The van der Waals surface area contributed by atoms with Crippen LogP contribution in [0.5, 0.6) is 0 Å². The zero-order valence-corrected chi connectivity index (χ0v) is 13.7. The smallest absolute Gasteiger partial charge is 0.222 e. The summed E-state index contributed by atoms with van der Waals surface area (Å²) >= 11 is 5.85. The van der Waals surface area contributed by atoms with Crippen LogP contribution < -0.4 is 5.73 Å². The number of rotatable bonds is 5. The summed E-state index contributed by atoms with van der Waals surface area (Å²) in [6.45, 7) is 2.50. The lowest BCUT2D eigenvalue weighted by Gasteiger charge is -2.37. The second-order valence-corrected chi connectivity index (χ2v) is 6.49. The first kappa shape index (κ1) is 16.8. The molecule has 0 aliphatic carbocycles. The summed E-state index contributed by atoms with van der Waals surface area (Å²) in [5.74, 6) is -0.380. The van der Waals surface area contributed by atoms with Crippen molar-refractivity contribution in [1.29, 1.82) is 0 Å². The van der Waals surface area contributed by atoms with E-state index in [-0.39, 0.29) is 23.8 Å². The number of nitrogens with two attached hydrogens (primary N) is 1. The van der Waals surface area contributed by atoms with E-state index in [4.69, 9.17) is 17.3 Å². The molecule has 2 atom stereocenters. The van der Waals surface area contributed by atoms with Gasteiger partial charge in [-0.2, -0.15) is 0 Å². The molecule has 5 heteroatoms. The van der Waals surface area contributed by atoms with Crippen molar-refractivity contribution in [3.05, 3.63) is 34.9 Å². The highest BCUT2D eigenvalue weighted by Gasteiger charge is 2.31. The van der Waals surface area contributed by atoms with E-state index >= 15 is 0 Å². The minimum atomic E-state index is -0.300. The maximum atomic E-state index is 12.4. The van der Waals surface area contributed by atoms with Crippen molar-refractivity contribution in [2.24, 2.45) is 11.7 Å². The van der Waals surface area contributed by atoms with E-state index in [1.165, 1.54) is 5.56 Å². The summed E-state index contributed by atoms with van der Waals surface area (Å²) in [7, 11) is 0. The van der Waals surface area contributed by atoms with Gasteiger partial charge in [-0.15, -0.1) is 0 Å². The highest BCUT2D eigenvalue weighted by atomic mass is 35.5. The summed E-state index contributed by atoms with van der Waals surface area (Å²) in [6, 6.07) is 7.89. The van der Waals surface area contributed by atoms with Crippen LogP contribution in [0.4, 0.5) is 0 Å². The van der Waals surface area contributed by atoms with E-state index in [1.807, 2.05) is 36.1 Å². The summed E-state index contributed by atoms with van der Waals surface area (Å²) in [5, 5.41) is 0.722. The fourth-order valence-electron chi connectivity index (χ4n) is 2.93. The summed E-state index contributed by atoms with van der Waals surface area (Å²) in [4.78, 5) is 25.5. The van der Waals surface area contributed by atoms with E-state index in [0.717, 1.165) is 30.7 Å². The largest absolute Gasteiger partial charge is 0.369 e. The van der Waals surface area contributed by atoms with Crippen LogP contribution in [0.2, 0.25) is 5.02 Å². The number of hydrogen-bond acceptors (Lipinski definition) is 2. The van der Waals surface area contributed by atoms with Gasteiger partial charge < -0.3 is 10.6 Å². The van der Waals surface area contributed by atoms with Gasteiger partial charge in [-0.3, -0.25) is 9.59 Å². The molecule has 1 fully saturated rings. The van der Waals surface area contributed by atoms with Crippen LogP contribution >= 0.6 is 11.6 Å². The number of carbonyl (C=O) groups excluding carboxylic acids is 2. The van der Waals surface area contributed by atoms with E-state index in [0.29, 0.717) is 13.0 Å². The molecule has 2 N–H and O–H groups in total. The Morgan fingerprint density at radius 1 is 1.27 bits per heavy atom. The SMILES string of the molecule is C[C@H]1CC[C@H](C(N)=O)CN1C(=O)CCCc1ccc(Cl)cc1. The van der Waals surface area contributed by atoms with Gasteiger partial charge in [-0.1, -0.05) is 23.7 Å². The molecule has 2 rings (SSSR count). The van der Waals surface area contributed by atoms with Crippen LogP contribution in [0.15, 0.2) is 24.3 Å². The van der Waals surface area contributed by atoms with Gasteiger partial charge in [0.2, 0.25) is 11.8 Å². The van der Waals surface area contributed by atoms with Crippen molar-refractivity contribution < 1.29 is 9.59 Å². The third-order valence-electron chi connectivity index (χ3n) is 4.37. The van der Waals surface area contributed by atoms with Crippen LogP contribution in [0.25, 0.3) is 0 Å². The number of nitrogens with zero attached hydrogens (tertiary/aromatic N) is 1. The average molecular weight is 323 g/mol. The normalized spacial score (nSPS) is 21.6. The van der Waals surface area contributed by atoms with Gasteiger partial charge in [0, 0.05) is 24.0 Å². The third kappa shape index (κ3) is 4.47. The highest BCUT2D eigenvalue weighted by molar-refractivity contribution is 6.30. The second-order valence-electron chi connectivity index (χ2n) is 6.05. The number of benzene rings is 1. The molecular weight excluding hydrogens is 300 g/mol. The fourth-order valence-corrected chi connectivity index (χ4v) is 3.05. The van der Waals surface area contributed by atoms with E-state index in [9.17, 15) is 9.59 Å². The predicted molar refractivity (Wildman–Crippen MR) is 87.5 cm³/mol. The lowest BCUT2D eigenvalue weighted by Crippen LogP contribution is -2.48. The Bertz CT molecular complexity index is 530. The first-order chi connectivity index (χ1) is 10.5. The Balaban J connectivity index is 1.82. The molecule has 0 unspecified atom stereocenters. The van der Waals surface area contributed by atoms with E-state index in [2.05, 4.69) is 0 Å². The number of piperidine rings is 1. The Hall–Kier alpha value is -1.55. The van der Waals surface area contributed by atoms with Crippen LogP contribution in [-0.2, 0) is 16.0 Å². The standard InChI is InChI=1S/C17H23ClN2O2/c1-12-5-8-14(17(19)22)11-20(12)16(21)4-2-3-13-6-9-15(18)10-7-13/h6-7,9-10,12,14H,2-5,8,11H2,1H3,(H2,19,22)/t12-,14-/m0/s1. The number of primary amides is 1. The van der Waals surface area contributed by atoms with Crippen molar-refractivity contribution >= 4 is 23.4 Å². The zero-order valence-electron chi connectivity index (χ0n) is 12.9. The van der Waals surface area contributed by atoms with E-state index < -0.39 is 0 Å². The molecule has 0 bridgehead atoms. The molecule has 1 aliphatic rings. The van der Waals surface area contributed by atoms with Crippen molar-refractivity contribution in [1.82, 2.24) is 4.90 Å². The lowest BCUT2D eigenvalue weighted by atomic mass is 9.92. The van der Waals surface area contributed by atoms with Crippen LogP contribution in [0, 0.1) is 5.92 Å². The molecule has 1 aromatic carbocycles. The number of likely N-dealkylation sites (tertiary alicyclic amines) is 1. The first-order valence-corrected chi connectivity index (χ1v) is 8.18. The minimum Gasteiger partial charge on any atom is -0.369 e. The molecule has 120 valence electrons. The molecule has 4 nitrogen and oxygen atoms in total. The Kier molecular flexibility index (Phi) is 5.83. The number of halogens is 1. The van der Waals surface area contributed by atoms with Crippen molar-refractivity contribution in [3.8, 4) is 0 Å². The Morgan fingerprint density at radius 2 is 1.95 bits per heavy atom. The average Bonchev–Trinajstić information content (AvgIpc) is 2.49. The van der Waals surface area contributed by atoms with Gasteiger partial charge in [0.1, 0.15) is 0 Å². The molecule has 1 heterocycles. The first-order valence-electron chi connectivity index (χ1n) is 7.80. The number of aryl methyl sites for hydroxylation is 1. The highest BCUT2D eigenvalue weighted by Crippen LogP contribution is 2.23. The predicted octanol–water partition coefficient (Wildman–Crippen LogP) is 2.78. The molecule has 1 aliphatic heterocycles. The van der Waals surface area contributed by atoms with Gasteiger partial charge >= 0.3 is 0 Å². The monoisotopic (exact) mass is 322 g/mol. The van der Waals surface area contributed by atoms with Gasteiger partial charge in [0.15, 0.2) is 0 Å². The van der Waals surface area contributed by atoms with Gasteiger partial charge in [-0.05, 0) is 50.3 Å². The molecule has 0 radical (unpaired) electrons. The molecular formula is C17H23ClN2O2. The Morgan fingerprint density at radius 3 is 2.59 bits per heavy atom. The van der Waals surface area contributed by atoms with Gasteiger partial charge in [0.05, 0.1) is 5.92 Å². The number of hydrogen-bond donors (Lipinski definition) is 1. The molecule has 0 aromatic heterocycles. The molecule has 0 saturated carbocycles. The van der Waals surface area contributed by atoms with Crippen molar-refractivity contribution in [2.45, 2.75) is 45.1 Å². The Labute approximate surface area is 136 Å². The molecule has 2 amide bonds. The summed E-state index contributed by atoms with van der Waals surface area (Å²) < 4.78 is 0. The van der Waals surface area contributed by atoms with Crippen LogP contribution in [0.1, 0.15) is 38.2 Å². The maximum Gasteiger partial charge on any atom is 0.222 e. The quantitative estimate of drug-likeness (QED) is 0.906. The third-order valence-corrected chi connectivity index (χ3v) is 4.63. The molecule has 0 spiro atoms. The summed E-state index contributed by atoms with van der Waals surface area (Å²) in [6.07, 6.45) is 3.77.